The summed E-state index contributed by atoms with van der Waals surface area (Å²) in [5.41, 5.74) is 0. The van der Waals surface area contributed by atoms with Crippen LogP contribution in [0.25, 0.3) is 0 Å². The van der Waals surface area contributed by atoms with Crippen LogP contribution in [0.3, 0.4) is 0 Å². The van der Waals surface area contributed by atoms with Crippen molar-refractivity contribution >= 4 is 13.7 Å². The number of nitrogens with one attached hydrogen (secondary N) is 1. The van der Waals surface area contributed by atoms with E-state index >= 15 is 0 Å². The first-order valence-electron chi connectivity index (χ1n) is 26.3. The number of amides is 1. The Morgan fingerprint density at radius 2 is 0.924 bits per heavy atom. The molecule has 0 aliphatic carbocycles. The van der Waals surface area contributed by atoms with E-state index in [-0.39, 0.29) is 19.1 Å². The first-order chi connectivity index (χ1) is 32.0. The lowest BCUT2D eigenvalue weighted by Crippen LogP contribution is -2.45. The molecule has 0 bridgehead atoms. The lowest BCUT2D eigenvalue weighted by Gasteiger charge is -2.25. The maximum atomic E-state index is 12.9. The minimum Gasteiger partial charge on any atom is -0.387 e. The summed E-state index contributed by atoms with van der Waals surface area (Å²) in [7, 11) is 1.54. The van der Waals surface area contributed by atoms with Crippen molar-refractivity contribution in [2.45, 2.75) is 206 Å². The van der Waals surface area contributed by atoms with E-state index in [1.807, 2.05) is 27.2 Å². The molecule has 0 aliphatic heterocycles. The van der Waals surface area contributed by atoms with Crippen molar-refractivity contribution in [3.05, 3.63) is 109 Å². The number of carbonyl (C=O) groups excluding carboxylic acids is 1. The molecule has 0 aliphatic rings. The molecule has 0 saturated carbocycles. The van der Waals surface area contributed by atoms with Crippen LogP contribution in [0.5, 0.6) is 0 Å². The van der Waals surface area contributed by atoms with Gasteiger partial charge in [0.15, 0.2) is 0 Å². The Labute approximate surface area is 406 Å². The SMILES string of the molecule is CC/C=C\C/C=C\C/C=C\C/C=C\C/C=C\C/C=C\C/C=C\CCCCCCCCCCCCCC(=O)NC(COP(=O)(O)OCC[N+](C)(C)C)C(O)/C=C/CC/C=C/CCCCCCC. The second kappa shape index (κ2) is 47.2. The van der Waals surface area contributed by atoms with E-state index in [2.05, 4.69) is 116 Å². The highest BCUT2D eigenvalue weighted by atomic mass is 31.2. The number of hydrogen-bond donors (Lipinski definition) is 3. The molecule has 3 unspecified atom stereocenters. The molecule has 0 aromatic heterocycles. The maximum absolute atomic E-state index is 12.9. The van der Waals surface area contributed by atoms with Gasteiger partial charge in [-0.05, 0) is 89.9 Å². The van der Waals surface area contributed by atoms with E-state index in [1.54, 1.807) is 6.08 Å². The lowest BCUT2D eigenvalue weighted by molar-refractivity contribution is -0.870. The molecule has 0 spiro atoms. The monoisotopic (exact) mass is 940 g/mol. The van der Waals surface area contributed by atoms with E-state index in [9.17, 15) is 19.4 Å². The van der Waals surface area contributed by atoms with Gasteiger partial charge >= 0.3 is 7.82 Å². The molecular weight excluding hydrogens is 840 g/mol. The summed E-state index contributed by atoms with van der Waals surface area (Å²) in [5.74, 6) is -0.197. The smallest absolute Gasteiger partial charge is 0.387 e. The Hall–Kier alpha value is -2.84. The lowest BCUT2D eigenvalue weighted by atomic mass is 10.0. The Morgan fingerprint density at radius 1 is 0.530 bits per heavy atom. The topological polar surface area (TPSA) is 105 Å². The molecule has 0 fully saturated rings. The van der Waals surface area contributed by atoms with Gasteiger partial charge in [-0.2, -0.15) is 0 Å². The van der Waals surface area contributed by atoms with Crippen molar-refractivity contribution in [3.63, 3.8) is 0 Å². The van der Waals surface area contributed by atoms with E-state index < -0.39 is 20.0 Å². The first-order valence-corrected chi connectivity index (χ1v) is 27.8. The third-order valence-electron chi connectivity index (χ3n) is 11.0. The molecule has 3 atom stereocenters. The molecule has 0 aromatic rings. The summed E-state index contributed by atoms with van der Waals surface area (Å²) in [4.78, 5) is 23.2. The first kappa shape index (κ1) is 63.2. The highest BCUT2D eigenvalue weighted by Gasteiger charge is 2.27. The van der Waals surface area contributed by atoms with E-state index in [4.69, 9.17) is 9.05 Å². The number of rotatable bonds is 46. The van der Waals surface area contributed by atoms with Crippen LogP contribution in [-0.4, -0.2) is 73.4 Å². The quantitative estimate of drug-likeness (QED) is 0.0243. The van der Waals surface area contributed by atoms with Gasteiger partial charge in [-0.15, -0.1) is 0 Å². The Morgan fingerprint density at radius 3 is 1.39 bits per heavy atom. The van der Waals surface area contributed by atoms with Gasteiger partial charge in [0.2, 0.25) is 5.91 Å². The molecule has 3 N–H and O–H groups in total. The summed E-state index contributed by atoms with van der Waals surface area (Å²) < 4.78 is 23.6. The number of aliphatic hydroxyl groups excluding tert-OH is 1. The number of nitrogens with zero attached hydrogens (tertiary/aromatic N) is 1. The van der Waals surface area contributed by atoms with Crippen molar-refractivity contribution in [2.24, 2.45) is 0 Å². The molecule has 1 amide bonds. The molecule has 8 nitrogen and oxygen atoms in total. The second-order valence-electron chi connectivity index (χ2n) is 18.5. The molecule has 9 heteroatoms. The highest BCUT2D eigenvalue weighted by molar-refractivity contribution is 7.47. The van der Waals surface area contributed by atoms with Gasteiger partial charge < -0.3 is 19.8 Å². The molecule has 0 rings (SSSR count). The van der Waals surface area contributed by atoms with Gasteiger partial charge in [0, 0.05) is 6.42 Å². The summed E-state index contributed by atoms with van der Waals surface area (Å²) >= 11 is 0. The molecular formula is C57H100N2O6P+. The van der Waals surface area contributed by atoms with Crippen LogP contribution >= 0.6 is 7.82 Å². The molecule has 0 heterocycles. The van der Waals surface area contributed by atoms with Crippen LogP contribution in [0.1, 0.15) is 194 Å². The number of quaternary nitrogens is 1. The molecule has 0 radical (unpaired) electrons. The fourth-order valence-electron chi connectivity index (χ4n) is 6.86. The van der Waals surface area contributed by atoms with Crippen LogP contribution in [-0.2, 0) is 18.4 Å². The molecule has 66 heavy (non-hydrogen) atoms. The van der Waals surface area contributed by atoms with Gasteiger partial charge in [-0.25, -0.2) is 4.57 Å². The van der Waals surface area contributed by atoms with E-state index in [0.717, 1.165) is 83.5 Å². The predicted octanol–water partition coefficient (Wildman–Crippen LogP) is 15.6. The van der Waals surface area contributed by atoms with E-state index in [0.29, 0.717) is 17.4 Å². The Kier molecular flexibility index (Phi) is 45.2. The van der Waals surface area contributed by atoms with Crippen molar-refractivity contribution < 1.29 is 32.9 Å². The summed E-state index contributed by atoms with van der Waals surface area (Å²) in [6.45, 7) is 4.63. The van der Waals surface area contributed by atoms with Crippen LogP contribution in [0, 0.1) is 0 Å². The fraction of sp³-hybridized carbons (Fsp3) is 0.667. The Bertz CT molecular complexity index is 1440. The second-order valence-corrected chi connectivity index (χ2v) is 20.0. The average Bonchev–Trinajstić information content (AvgIpc) is 3.28. The number of unbranched alkanes of at least 4 members (excludes halogenated alkanes) is 17. The van der Waals surface area contributed by atoms with Gasteiger partial charge in [0.05, 0.1) is 39.9 Å². The van der Waals surface area contributed by atoms with Gasteiger partial charge in [-0.3, -0.25) is 13.8 Å². The number of allylic oxidation sites excluding steroid dienone is 17. The van der Waals surface area contributed by atoms with Gasteiger partial charge in [0.1, 0.15) is 13.2 Å². The third kappa shape index (κ3) is 49.1. The average molecular weight is 940 g/mol. The summed E-state index contributed by atoms with van der Waals surface area (Å²) in [6, 6.07) is -0.870. The zero-order valence-electron chi connectivity index (χ0n) is 42.9. The molecule has 0 aromatic carbocycles. The zero-order valence-corrected chi connectivity index (χ0v) is 43.8. The van der Waals surface area contributed by atoms with Crippen molar-refractivity contribution in [2.75, 3.05) is 40.9 Å². The normalized spacial score (nSPS) is 15.0. The summed E-state index contributed by atoms with van der Waals surface area (Å²) in [5, 5.41) is 13.8. The van der Waals surface area contributed by atoms with Gasteiger partial charge in [-0.1, -0.05) is 207 Å². The number of hydrogen-bond acceptors (Lipinski definition) is 5. The summed E-state index contributed by atoms with van der Waals surface area (Å²) in [6.07, 6.45) is 69.0. The van der Waals surface area contributed by atoms with E-state index in [1.165, 1.54) is 89.9 Å². The molecule has 378 valence electrons. The minimum atomic E-state index is -4.35. The maximum Gasteiger partial charge on any atom is 0.472 e. The number of phosphoric acid groups is 1. The van der Waals surface area contributed by atoms with Crippen molar-refractivity contribution in [1.82, 2.24) is 5.32 Å². The zero-order chi connectivity index (χ0) is 48.5. The Balaban J connectivity index is 4.14. The minimum absolute atomic E-state index is 0.0504. The van der Waals surface area contributed by atoms with Crippen LogP contribution in [0.2, 0.25) is 0 Å². The van der Waals surface area contributed by atoms with Gasteiger partial charge in [0.25, 0.3) is 0 Å². The number of likely N-dealkylation sites (N-methyl/N-ethyl adjacent to an activating group) is 1. The number of aliphatic hydroxyl groups is 1. The number of carbonyl (C=O) groups is 1. The third-order valence-corrected chi connectivity index (χ3v) is 12.0. The van der Waals surface area contributed by atoms with Crippen LogP contribution in [0.15, 0.2) is 109 Å². The van der Waals surface area contributed by atoms with Crippen molar-refractivity contribution in [1.29, 1.82) is 0 Å². The van der Waals surface area contributed by atoms with Crippen molar-refractivity contribution in [3.8, 4) is 0 Å². The van der Waals surface area contributed by atoms with Crippen LogP contribution < -0.4 is 5.32 Å². The van der Waals surface area contributed by atoms with Crippen LogP contribution in [0.4, 0.5) is 0 Å². The fourth-order valence-corrected chi connectivity index (χ4v) is 7.60. The largest absolute Gasteiger partial charge is 0.472 e. The molecule has 0 saturated heterocycles. The highest BCUT2D eigenvalue weighted by Crippen LogP contribution is 2.43. The predicted molar refractivity (Wildman–Crippen MR) is 285 cm³/mol. The standard InChI is InChI=1S/C57H99N2O6P/c1-6-8-10-12-14-16-18-19-20-21-22-23-24-25-26-27-28-29-30-31-32-33-34-35-36-37-38-39-41-43-45-47-49-51-57(61)58-55(54-65-66(62,63)64-53-52-59(3,4)5)56(60)50-48-46-44-42-40-17-15-13-11-9-7-2/h8,10,14,16,19-20,22-23,25-26,28-29,31-32,40,42,48,50,55-56,60H,6-7,9,11-13,15,17-18,21,24,27,30,33-39,41,43-47,49,51-54H2,1-5H3,(H-,58,61,62,63)/p+1/b10-8-,16-14-,20-19-,23-22-,26-25-,29-28-,32-31-,42-40+,50-48+. The number of phosphoric ester groups is 1.